The van der Waals surface area contributed by atoms with Crippen LogP contribution in [0.4, 0.5) is 24.5 Å². The van der Waals surface area contributed by atoms with Gasteiger partial charge in [0.1, 0.15) is 11.5 Å². The summed E-state index contributed by atoms with van der Waals surface area (Å²) >= 11 is 0. The fourth-order valence-corrected chi connectivity index (χ4v) is 3.37. The van der Waals surface area contributed by atoms with E-state index in [0.717, 1.165) is 29.2 Å². The van der Waals surface area contributed by atoms with Gasteiger partial charge in [-0.2, -0.15) is 0 Å². The molecule has 0 atom stereocenters. The Balaban J connectivity index is 1.77. The van der Waals surface area contributed by atoms with Gasteiger partial charge in [-0.1, -0.05) is 18.2 Å². The van der Waals surface area contributed by atoms with Crippen LogP contribution in [0, 0.1) is 27.6 Å². The van der Waals surface area contributed by atoms with E-state index in [1.54, 1.807) is 6.07 Å². The van der Waals surface area contributed by atoms with Crippen LogP contribution in [0.15, 0.2) is 72.4 Å². The van der Waals surface area contributed by atoms with Gasteiger partial charge in [0.15, 0.2) is 11.6 Å². The number of non-ortho nitro benzene ring substituents is 1. The fraction of sp³-hybridized carbons (Fsp3) is 0.0435. The van der Waals surface area contributed by atoms with Crippen LogP contribution in [-0.2, 0) is 16.1 Å². The Bertz CT molecular complexity index is 1320. The standard InChI is InChI=1S/C23H14F3N3O4/c24-17-4-2-1-3-14(17)12-28-22(30)20(13-5-8-16(9-6-13)29(32)33)21(23(28)31)27-15-7-10-18(25)19(26)11-15/h1-11,27H,12H2. The quantitative estimate of drug-likeness (QED) is 0.339. The first kappa shape index (κ1) is 21.8. The van der Waals surface area contributed by atoms with E-state index in [9.17, 15) is 32.9 Å². The van der Waals surface area contributed by atoms with Gasteiger partial charge in [0.25, 0.3) is 17.5 Å². The van der Waals surface area contributed by atoms with Crippen LogP contribution in [-0.4, -0.2) is 21.6 Å². The molecule has 0 aliphatic carbocycles. The molecule has 0 fully saturated rings. The topological polar surface area (TPSA) is 92.5 Å². The molecule has 3 aromatic carbocycles. The average molecular weight is 453 g/mol. The smallest absolute Gasteiger partial charge is 0.278 e. The van der Waals surface area contributed by atoms with E-state index in [1.807, 2.05) is 0 Å². The van der Waals surface area contributed by atoms with Crippen LogP contribution < -0.4 is 5.32 Å². The molecule has 4 rings (SSSR count). The van der Waals surface area contributed by atoms with Crippen molar-refractivity contribution in [2.45, 2.75) is 6.54 Å². The summed E-state index contributed by atoms with van der Waals surface area (Å²) < 4.78 is 41.1. The minimum absolute atomic E-state index is 0.00259. The number of hydrogen-bond acceptors (Lipinski definition) is 5. The molecular formula is C23H14F3N3O4. The highest BCUT2D eigenvalue weighted by Crippen LogP contribution is 2.32. The first-order valence-corrected chi connectivity index (χ1v) is 9.57. The number of anilines is 1. The monoisotopic (exact) mass is 453 g/mol. The SMILES string of the molecule is O=C1C(Nc2ccc(F)c(F)c2)=C(c2ccc([N+](=O)[O-])cc2)C(=O)N1Cc1ccccc1F. The molecular weight excluding hydrogens is 439 g/mol. The molecule has 0 radical (unpaired) electrons. The zero-order chi connectivity index (χ0) is 23.7. The molecule has 166 valence electrons. The molecule has 0 bridgehead atoms. The number of amides is 2. The second kappa shape index (κ2) is 8.58. The molecule has 0 saturated heterocycles. The molecule has 33 heavy (non-hydrogen) atoms. The van der Waals surface area contributed by atoms with Crippen LogP contribution in [0.25, 0.3) is 5.57 Å². The highest BCUT2D eigenvalue weighted by molar-refractivity contribution is 6.36. The summed E-state index contributed by atoms with van der Waals surface area (Å²) in [5, 5.41) is 13.6. The summed E-state index contributed by atoms with van der Waals surface area (Å²) in [5.74, 6) is -4.47. The molecule has 1 aliphatic heterocycles. The summed E-state index contributed by atoms with van der Waals surface area (Å²) in [4.78, 5) is 37.5. The largest absolute Gasteiger partial charge is 0.350 e. The van der Waals surface area contributed by atoms with Crippen molar-refractivity contribution in [3.05, 3.63) is 111 Å². The number of nitro groups is 1. The summed E-state index contributed by atoms with van der Waals surface area (Å²) in [6.07, 6.45) is 0. The molecule has 7 nitrogen and oxygen atoms in total. The Morgan fingerprint density at radius 2 is 1.55 bits per heavy atom. The number of carbonyl (C=O) groups is 2. The molecule has 0 unspecified atom stereocenters. The van der Waals surface area contributed by atoms with Crippen LogP contribution in [0.1, 0.15) is 11.1 Å². The van der Waals surface area contributed by atoms with E-state index in [-0.39, 0.29) is 40.3 Å². The van der Waals surface area contributed by atoms with Crippen LogP contribution in [0.3, 0.4) is 0 Å². The number of nitrogens with one attached hydrogen (secondary N) is 1. The van der Waals surface area contributed by atoms with E-state index in [0.29, 0.717) is 0 Å². The van der Waals surface area contributed by atoms with Crippen LogP contribution in [0.5, 0.6) is 0 Å². The molecule has 0 saturated carbocycles. The molecule has 3 aromatic rings. The van der Waals surface area contributed by atoms with Crippen LogP contribution in [0.2, 0.25) is 0 Å². The Morgan fingerprint density at radius 1 is 0.848 bits per heavy atom. The predicted octanol–water partition coefficient (Wildman–Crippen LogP) is 4.40. The zero-order valence-corrected chi connectivity index (χ0v) is 16.7. The molecule has 0 aromatic heterocycles. The van der Waals surface area contributed by atoms with Crippen molar-refractivity contribution in [3.8, 4) is 0 Å². The first-order valence-electron chi connectivity index (χ1n) is 9.57. The van der Waals surface area contributed by atoms with Crippen molar-refractivity contribution >= 4 is 28.8 Å². The molecule has 1 N–H and O–H groups in total. The van der Waals surface area contributed by atoms with Crippen molar-refractivity contribution in [2.75, 3.05) is 5.32 Å². The number of rotatable bonds is 6. The lowest BCUT2D eigenvalue weighted by Crippen LogP contribution is -2.32. The number of benzene rings is 3. The number of hydrogen-bond donors (Lipinski definition) is 1. The van der Waals surface area contributed by atoms with E-state index in [2.05, 4.69) is 5.32 Å². The predicted molar refractivity (Wildman–Crippen MR) is 112 cm³/mol. The zero-order valence-electron chi connectivity index (χ0n) is 16.7. The van der Waals surface area contributed by atoms with Gasteiger partial charge >= 0.3 is 0 Å². The van der Waals surface area contributed by atoms with Crippen molar-refractivity contribution in [2.24, 2.45) is 0 Å². The normalized spacial score (nSPS) is 13.6. The van der Waals surface area contributed by atoms with Gasteiger partial charge in [0, 0.05) is 29.4 Å². The molecule has 2 amide bonds. The van der Waals surface area contributed by atoms with E-state index in [1.165, 1.54) is 36.4 Å². The Kier molecular flexibility index (Phi) is 5.65. The number of halogens is 3. The van der Waals surface area contributed by atoms with Crippen LogP contribution >= 0.6 is 0 Å². The van der Waals surface area contributed by atoms with E-state index < -0.39 is 34.2 Å². The van der Waals surface area contributed by atoms with Gasteiger partial charge in [0.05, 0.1) is 17.0 Å². The van der Waals surface area contributed by atoms with Crippen molar-refractivity contribution < 1.29 is 27.7 Å². The molecule has 0 spiro atoms. The molecule has 1 aliphatic rings. The summed E-state index contributed by atoms with van der Waals surface area (Å²) in [6, 6.07) is 13.4. The van der Waals surface area contributed by atoms with Crippen molar-refractivity contribution in [1.29, 1.82) is 0 Å². The lowest BCUT2D eigenvalue weighted by atomic mass is 10.0. The summed E-state index contributed by atoms with van der Waals surface area (Å²) in [7, 11) is 0. The molecule has 10 heteroatoms. The highest BCUT2D eigenvalue weighted by Gasteiger charge is 2.39. The Labute approximate surface area is 184 Å². The third-order valence-corrected chi connectivity index (χ3v) is 5.01. The van der Waals surface area contributed by atoms with Crippen molar-refractivity contribution in [3.63, 3.8) is 0 Å². The maximum Gasteiger partial charge on any atom is 0.278 e. The number of nitrogens with zero attached hydrogens (tertiary/aromatic N) is 2. The second-order valence-electron chi connectivity index (χ2n) is 7.10. The van der Waals surface area contributed by atoms with E-state index >= 15 is 0 Å². The third kappa shape index (κ3) is 4.18. The lowest BCUT2D eigenvalue weighted by molar-refractivity contribution is -0.384. The number of carbonyl (C=O) groups excluding carboxylic acids is 2. The first-order chi connectivity index (χ1) is 15.8. The van der Waals surface area contributed by atoms with E-state index in [4.69, 9.17) is 0 Å². The Morgan fingerprint density at radius 3 is 2.18 bits per heavy atom. The third-order valence-electron chi connectivity index (χ3n) is 5.01. The van der Waals surface area contributed by atoms with Gasteiger partial charge in [-0.05, 0) is 35.9 Å². The Hall–Kier alpha value is -4.47. The average Bonchev–Trinajstić information content (AvgIpc) is 3.02. The molecule has 1 heterocycles. The maximum absolute atomic E-state index is 14.1. The summed E-state index contributed by atoms with van der Waals surface area (Å²) in [5.41, 5.74) is -0.352. The van der Waals surface area contributed by atoms with Crippen molar-refractivity contribution in [1.82, 2.24) is 4.90 Å². The highest BCUT2D eigenvalue weighted by atomic mass is 19.2. The van der Waals surface area contributed by atoms with Gasteiger partial charge in [-0.3, -0.25) is 24.6 Å². The summed E-state index contributed by atoms with van der Waals surface area (Å²) in [6.45, 7) is -0.371. The second-order valence-corrected chi connectivity index (χ2v) is 7.10. The maximum atomic E-state index is 14.1. The van der Waals surface area contributed by atoms with Gasteiger partial charge < -0.3 is 5.32 Å². The van der Waals surface area contributed by atoms with Gasteiger partial charge in [-0.15, -0.1) is 0 Å². The number of imide groups is 1. The van der Waals surface area contributed by atoms with Gasteiger partial charge in [-0.25, -0.2) is 13.2 Å². The minimum Gasteiger partial charge on any atom is -0.350 e. The lowest BCUT2D eigenvalue weighted by Gasteiger charge is -2.16. The minimum atomic E-state index is -1.17. The number of nitro benzene ring substituents is 1. The fourth-order valence-electron chi connectivity index (χ4n) is 3.37. The van der Waals surface area contributed by atoms with Gasteiger partial charge in [0.2, 0.25) is 0 Å².